The quantitative estimate of drug-likeness (QED) is 0.696. The Morgan fingerprint density at radius 1 is 1.06 bits per heavy atom. The first-order chi connectivity index (χ1) is 14.9. The average Bonchev–Trinajstić information content (AvgIpc) is 2.77. The molecule has 0 bridgehead atoms. The van der Waals surface area contributed by atoms with Gasteiger partial charge in [-0.15, -0.1) is 5.10 Å². The third kappa shape index (κ3) is 4.50. The molecule has 6 nitrogen and oxygen atoms in total. The molecule has 3 aromatic rings. The summed E-state index contributed by atoms with van der Waals surface area (Å²) >= 11 is 0. The number of aryl methyl sites for hydroxylation is 2. The molecule has 1 saturated heterocycles. The van der Waals surface area contributed by atoms with Crippen molar-refractivity contribution in [2.24, 2.45) is 5.92 Å². The Bertz CT molecular complexity index is 1140. The van der Waals surface area contributed by atoms with Crippen molar-refractivity contribution in [2.75, 3.05) is 23.3 Å². The van der Waals surface area contributed by atoms with Crippen LogP contribution in [0.15, 0.2) is 59.4 Å². The molecule has 4 rings (SSSR count). The number of para-hydroxylation sites is 1. The summed E-state index contributed by atoms with van der Waals surface area (Å²) in [4.78, 5) is 27.3. The van der Waals surface area contributed by atoms with E-state index in [1.165, 1.54) is 35.0 Å². The lowest BCUT2D eigenvalue weighted by Crippen LogP contribution is -2.42. The van der Waals surface area contributed by atoms with Gasteiger partial charge in [-0.25, -0.2) is 4.39 Å². The number of anilines is 2. The SMILES string of the molecule is Cc1cccc(C)c1NC(=O)C1CCCN(c2ccc(=O)n(-c3ccc(F)cc3)n2)C1. The first kappa shape index (κ1) is 20.8. The standard InChI is InChI=1S/C24H25FN4O2/c1-16-5-3-6-17(2)23(16)26-24(31)18-7-4-14-28(15-18)21-12-13-22(30)29(27-21)20-10-8-19(25)9-11-20/h3,5-6,8-13,18H,4,7,14-15H2,1-2H3,(H,26,31). The normalized spacial score (nSPS) is 16.2. The Balaban J connectivity index is 1.53. The van der Waals surface area contributed by atoms with Gasteiger partial charge in [-0.2, -0.15) is 4.68 Å². The number of piperidine rings is 1. The predicted octanol–water partition coefficient (Wildman–Crippen LogP) is 3.84. The van der Waals surface area contributed by atoms with Gasteiger partial charge in [0.05, 0.1) is 11.6 Å². The zero-order chi connectivity index (χ0) is 22.0. The summed E-state index contributed by atoms with van der Waals surface area (Å²) < 4.78 is 14.5. The first-order valence-corrected chi connectivity index (χ1v) is 10.4. The second-order valence-corrected chi connectivity index (χ2v) is 7.96. The summed E-state index contributed by atoms with van der Waals surface area (Å²) in [6.45, 7) is 5.24. The zero-order valence-electron chi connectivity index (χ0n) is 17.6. The summed E-state index contributed by atoms with van der Waals surface area (Å²) in [6.07, 6.45) is 1.65. The van der Waals surface area contributed by atoms with Crippen LogP contribution in [0.3, 0.4) is 0 Å². The third-order valence-corrected chi connectivity index (χ3v) is 5.70. The van der Waals surface area contributed by atoms with Gasteiger partial charge in [-0.05, 0) is 68.1 Å². The van der Waals surface area contributed by atoms with Crippen LogP contribution < -0.4 is 15.8 Å². The van der Waals surface area contributed by atoms with Crippen LogP contribution >= 0.6 is 0 Å². The van der Waals surface area contributed by atoms with Gasteiger partial charge in [-0.1, -0.05) is 18.2 Å². The predicted molar refractivity (Wildman–Crippen MR) is 119 cm³/mol. The highest BCUT2D eigenvalue weighted by Crippen LogP contribution is 2.25. The molecule has 2 heterocycles. The van der Waals surface area contributed by atoms with Crippen molar-refractivity contribution in [3.63, 3.8) is 0 Å². The molecule has 7 heteroatoms. The van der Waals surface area contributed by atoms with E-state index < -0.39 is 0 Å². The van der Waals surface area contributed by atoms with Crippen LogP contribution in [0.25, 0.3) is 5.69 Å². The van der Waals surface area contributed by atoms with Gasteiger partial charge in [0.25, 0.3) is 5.56 Å². The minimum atomic E-state index is -0.373. The molecule has 0 saturated carbocycles. The van der Waals surface area contributed by atoms with Crippen molar-refractivity contribution in [1.29, 1.82) is 0 Å². The molecule has 1 fully saturated rings. The minimum Gasteiger partial charge on any atom is -0.354 e. The molecule has 1 aliphatic rings. The van der Waals surface area contributed by atoms with Crippen LogP contribution in [0, 0.1) is 25.6 Å². The van der Waals surface area contributed by atoms with Crippen LogP contribution in [0.2, 0.25) is 0 Å². The molecule has 1 atom stereocenters. The van der Waals surface area contributed by atoms with Crippen LogP contribution in [0.4, 0.5) is 15.9 Å². The zero-order valence-corrected chi connectivity index (χ0v) is 17.6. The van der Waals surface area contributed by atoms with Crippen LogP contribution in [0.1, 0.15) is 24.0 Å². The first-order valence-electron chi connectivity index (χ1n) is 10.4. The number of carbonyl (C=O) groups is 1. The van der Waals surface area contributed by atoms with Crippen molar-refractivity contribution < 1.29 is 9.18 Å². The fourth-order valence-electron chi connectivity index (χ4n) is 3.97. The fraction of sp³-hybridized carbons (Fsp3) is 0.292. The summed E-state index contributed by atoms with van der Waals surface area (Å²) in [5, 5.41) is 7.57. The highest BCUT2D eigenvalue weighted by molar-refractivity contribution is 5.94. The lowest BCUT2D eigenvalue weighted by atomic mass is 9.96. The topological polar surface area (TPSA) is 67.2 Å². The number of halogens is 1. The molecule has 1 N–H and O–H groups in total. The highest BCUT2D eigenvalue weighted by Gasteiger charge is 2.27. The second kappa shape index (κ2) is 8.71. The van der Waals surface area contributed by atoms with Crippen molar-refractivity contribution >= 4 is 17.4 Å². The van der Waals surface area contributed by atoms with Crippen LogP contribution in [0.5, 0.6) is 0 Å². The Morgan fingerprint density at radius 2 is 1.77 bits per heavy atom. The van der Waals surface area contributed by atoms with Gasteiger partial charge < -0.3 is 10.2 Å². The molecule has 0 aliphatic carbocycles. The van der Waals surface area contributed by atoms with Crippen LogP contribution in [-0.2, 0) is 4.79 Å². The molecule has 0 spiro atoms. The van der Waals surface area contributed by atoms with Gasteiger partial charge in [0, 0.05) is 24.8 Å². The maximum atomic E-state index is 13.2. The lowest BCUT2D eigenvalue weighted by Gasteiger charge is -2.33. The molecule has 1 unspecified atom stereocenters. The van der Waals surface area contributed by atoms with E-state index in [1.807, 2.05) is 36.9 Å². The third-order valence-electron chi connectivity index (χ3n) is 5.70. The van der Waals surface area contributed by atoms with E-state index in [4.69, 9.17) is 0 Å². The van der Waals surface area contributed by atoms with Gasteiger partial charge in [-0.3, -0.25) is 9.59 Å². The largest absolute Gasteiger partial charge is 0.354 e. The monoisotopic (exact) mass is 420 g/mol. The number of hydrogen-bond donors (Lipinski definition) is 1. The summed E-state index contributed by atoms with van der Waals surface area (Å²) in [5.74, 6) is 0.0601. The number of benzene rings is 2. The molecule has 1 aromatic heterocycles. The molecular weight excluding hydrogens is 395 g/mol. The molecule has 160 valence electrons. The van der Waals surface area contributed by atoms with Crippen molar-refractivity contribution in [3.8, 4) is 5.69 Å². The van der Waals surface area contributed by atoms with Crippen molar-refractivity contribution in [2.45, 2.75) is 26.7 Å². The van der Waals surface area contributed by atoms with Crippen LogP contribution in [-0.4, -0.2) is 28.8 Å². The fourth-order valence-corrected chi connectivity index (χ4v) is 3.97. The lowest BCUT2D eigenvalue weighted by molar-refractivity contribution is -0.120. The van der Waals surface area contributed by atoms with Gasteiger partial charge >= 0.3 is 0 Å². The number of hydrogen-bond acceptors (Lipinski definition) is 4. The second-order valence-electron chi connectivity index (χ2n) is 7.96. The molecule has 31 heavy (non-hydrogen) atoms. The number of rotatable bonds is 4. The summed E-state index contributed by atoms with van der Waals surface area (Å²) in [6, 6.07) is 14.7. The number of amides is 1. The van der Waals surface area contributed by atoms with E-state index in [0.717, 1.165) is 36.2 Å². The van der Waals surface area contributed by atoms with Gasteiger partial charge in [0.15, 0.2) is 0 Å². The smallest absolute Gasteiger partial charge is 0.271 e. The number of aromatic nitrogens is 2. The molecule has 0 radical (unpaired) electrons. The highest BCUT2D eigenvalue weighted by atomic mass is 19.1. The summed E-state index contributed by atoms with van der Waals surface area (Å²) in [5.41, 5.74) is 3.14. The maximum Gasteiger partial charge on any atom is 0.271 e. The van der Waals surface area contributed by atoms with Crippen molar-refractivity contribution in [3.05, 3.63) is 81.9 Å². The Labute approximate surface area is 180 Å². The molecule has 1 amide bonds. The van der Waals surface area contributed by atoms with Gasteiger partial charge in [0.1, 0.15) is 11.6 Å². The molecular formula is C24H25FN4O2. The van der Waals surface area contributed by atoms with E-state index in [9.17, 15) is 14.0 Å². The van der Waals surface area contributed by atoms with E-state index in [0.29, 0.717) is 18.1 Å². The van der Waals surface area contributed by atoms with E-state index in [2.05, 4.69) is 10.4 Å². The minimum absolute atomic E-state index is 0.00560. The van der Waals surface area contributed by atoms with Crippen molar-refractivity contribution in [1.82, 2.24) is 9.78 Å². The summed E-state index contributed by atoms with van der Waals surface area (Å²) in [7, 11) is 0. The number of carbonyl (C=O) groups excluding carboxylic acids is 1. The Hall–Kier alpha value is -3.48. The average molecular weight is 420 g/mol. The Morgan fingerprint density at radius 3 is 2.48 bits per heavy atom. The number of nitrogens with one attached hydrogen (secondary N) is 1. The Kier molecular flexibility index (Phi) is 5.84. The molecule has 2 aromatic carbocycles. The number of nitrogens with zero attached hydrogens (tertiary/aromatic N) is 3. The van der Waals surface area contributed by atoms with E-state index in [1.54, 1.807) is 6.07 Å². The van der Waals surface area contributed by atoms with E-state index in [-0.39, 0.29) is 23.2 Å². The maximum absolute atomic E-state index is 13.2. The van der Waals surface area contributed by atoms with E-state index >= 15 is 0 Å². The van der Waals surface area contributed by atoms with Gasteiger partial charge in [0.2, 0.25) is 5.91 Å². The molecule has 1 aliphatic heterocycles.